The molecule has 0 N–H and O–H groups in total. The molecule has 1 aliphatic heterocycles. The molecular weight excluding hydrogens is 364 g/mol. The van der Waals surface area contributed by atoms with Crippen molar-refractivity contribution in [2.75, 3.05) is 23.0 Å². The van der Waals surface area contributed by atoms with Crippen molar-refractivity contribution in [1.82, 2.24) is 14.8 Å². The number of para-hydroxylation sites is 1. The summed E-state index contributed by atoms with van der Waals surface area (Å²) in [5, 5.41) is 9.28. The van der Waals surface area contributed by atoms with Crippen LogP contribution in [0.1, 0.15) is 0 Å². The van der Waals surface area contributed by atoms with E-state index in [1.54, 1.807) is 11.8 Å². The third-order valence-corrected chi connectivity index (χ3v) is 6.27. The molecule has 7 heteroatoms. The fourth-order valence-corrected chi connectivity index (χ4v) is 4.69. The van der Waals surface area contributed by atoms with Crippen LogP contribution in [0, 0.1) is 0 Å². The zero-order valence-corrected chi connectivity index (χ0v) is 16.0. The Balaban J connectivity index is 1.47. The Morgan fingerprint density at radius 1 is 1.12 bits per heavy atom. The topological polar surface area (TPSA) is 51.0 Å². The Bertz CT molecular complexity index is 926. The summed E-state index contributed by atoms with van der Waals surface area (Å²) in [5.74, 6) is 2.18. The predicted octanol–water partition coefficient (Wildman–Crippen LogP) is 3.71. The first-order valence-electron chi connectivity index (χ1n) is 8.34. The fraction of sp³-hybridized carbons (Fsp3) is 0.211. The number of carbonyl (C=O) groups excluding carboxylic acids is 1. The molecule has 0 fully saturated rings. The summed E-state index contributed by atoms with van der Waals surface area (Å²) in [6, 6.07) is 18.0. The van der Waals surface area contributed by atoms with Gasteiger partial charge < -0.3 is 9.47 Å². The van der Waals surface area contributed by atoms with Gasteiger partial charge >= 0.3 is 0 Å². The highest BCUT2D eigenvalue weighted by atomic mass is 32.2. The minimum absolute atomic E-state index is 0.104. The number of hydrogen-bond donors (Lipinski definition) is 0. The monoisotopic (exact) mass is 382 g/mol. The first-order valence-corrected chi connectivity index (χ1v) is 10.3. The highest BCUT2D eigenvalue weighted by molar-refractivity contribution is 8.00. The third kappa shape index (κ3) is 3.37. The van der Waals surface area contributed by atoms with Crippen molar-refractivity contribution < 1.29 is 4.79 Å². The quantitative estimate of drug-likeness (QED) is 0.644. The number of benzene rings is 2. The van der Waals surface area contributed by atoms with Gasteiger partial charge in [-0.25, -0.2) is 0 Å². The van der Waals surface area contributed by atoms with Crippen LogP contribution in [-0.4, -0.2) is 38.7 Å². The lowest BCUT2D eigenvalue weighted by Crippen LogP contribution is -2.36. The van der Waals surface area contributed by atoms with Crippen molar-refractivity contribution in [2.45, 2.75) is 10.1 Å². The number of amides is 1. The molecule has 2 aromatic carbocycles. The molecular formula is C19H18N4OS2. The van der Waals surface area contributed by atoms with E-state index in [2.05, 4.69) is 16.3 Å². The molecule has 0 radical (unpaired) electrons. The van der Waals surface area contributed by atoms with Gasteiger partial charge in [0.15, 0.2) is 11.0 Å². The first kappa shape index (κ1) is 17.2. The van der Waals surface area contributed by atoms with E-state index < -0.39 is 0 Å². The van der Waals surface area contributed by atoms with Crippen molar-refractivity contribution in [1.29, 1.82) is 0 Å². The van der Waals surface area contributed by atoms with Crippen LogP contribution in [0.5, 0.6) is 0 Å². The van der Waals surface area contributed by atoms with Gasteiger partial charge in [0, 0.05) is 29.8 Å². The number of nitrogens with zero attached hydrogens (tertiary/aromatic N) is 4. The Kier molecular flexibility index (Phi) is 4.99. The molecule has 5 nitrogen and oxygen atoms in total. The zero-order valence-electron chi connectivity index (χ0n) is 14.3. The van der Waals surface area contributed by atoms with Gasteiger partial charge in [0.25, 0.3) is 0 Å². The van der Waals surface area contributed by atoms with E-state index in [4.69, 9.17) is 0 Å². The standard InChI is InChI=1S/C19H18N4OS2/c1-22-18(14-7-3-2-4-8-14)20-21-19(22)26-13-17(24)23-11-12-25-16-10-6-5-9-15(16)23/h2-10H,11-13H2,1H3. The number of fused-ring (bicyclic) bond motifs is 1. The van der Waals surface area contributed by atoms with Gasteiger partial charge in [-0.1, -0.05) is 54.2 Å². The first-order chi connectivity index (χ1) is 12.7. The molecule has 0 saturated carbocycles. The van der Waals surface area contributed by atoms with E-state index in [1.807, 2.05) is 65.0 Å². The molecule has 132 valence electrons. The third-order valence-electron chi connectivity index (χ3n) is 4.22. The number of carbonyl (C=O) groups is 1. The van der Waals surface area contributed by atoms with E-state index in [0.717, 1.165) is 34.5 Å². The number of hydrogen-bond acceptors (Lipinski definition) is 5. The second-order valence-corrected chi connectivity index (χ2v) is 7.96. The Morgan fingerprint density at radius 3 is 2.73 bits per heavy atom. The second kappa shape index (κ2) is 7.55. The summed E-state index contributed by atoms with van der Waals surface area (Å²) >= 11 is 3.23. The Hall–Kier alpha value is -2.25. The van der Waals surface area contributed by atoms with Crippen molar-refractivity contribution in [2.24, 2.45) is 7.05 Å². The van der Waals surface area contributed by atoms with Crippen molar-refractivity contribution in [3.63, 3.8) is 0 Å². The smallest absolute Gasteiger partial charge is 0.237 e. The summed E-state index contributed by atoms with van der Waals surface area (Å²) in [6.45, 7) is 0.745. The SMILES string of the molecule is Cn1c(SCC(=O)N2CCSc3ccccc32)nnc1-c1ccccc1. The molecule has 0 unspecified atom stereocenters. The average molecular weight is 383 g/mol. The van der Waals surface area contributed by atoms with Gasteiger partial charge in [0.05, 0.1) is 11.4 Å². The van der Waals surface area contributed by atoms with Gasteiger partial charge in [-0.15, -0.1) is 22.0 Å². The van der Waals surface area contributed by atoms with Gasteiger partial charge in [-0.05, 0) is 12.1 Å². The molecule has 0 spiro atoms. The van der Waals surface area contributed by atoms with E-state index in [0.29, 0.717) is 5.75 Å². The molecule has 1 aromatic heterocycles. The summed E-state index contributed by atoms with van der Waals surface area (Å²) in [6.07, 6.45) is 0. The van der Waals surface area contributed by atoms with E-state index in [1.165, 1.54) is 16.7 Å². The van der Waals surface area contributed by atoms with Crippen molar-refractivity contribution in [3.05, 3.63) is 54.6 Å². The number of anilines is 1. The largest absolute Gasteiger partial charge is 0.310 e. The molecule has 3 aromatic rings. The minimum Gasteiger partial charge on any atom is -0.310 e. The number of rotatable bonds is 4. The maximum absolute atomic E-state index is 12.8. The maximum Gasteiger partial charge on any atom is 0.237 e. The van der Waals surface area contributed by atoms with Gasteiger partial charge in [0.1, 0.15) is 0 Å². The molecule has 0 saturated heterocycles. The number of thioether (sulfide) groups is 2. The van der Waals surface area contributed by atoms with Gasteiger partial charge in [-0.3, -0.25) is 4.79 Å². The van der Waals surface area contributed by atoms with Gasteiger partial charge in [0.2, 0.25) is 5.91 Å². The molecule has 0 bridgehead atoms. The molecule has 4 rings (SSSR count). The summed E-state index contributed by atoms with van der Waals surface area (Å²) < 4.78 is 1.94. The Morgan fingerprint density at radius 2 is 1.88 bits per heavy atom. The van der Waals surface area contributed by atoms with Crippen LogP contribution in [0.25, 0.3) is 11.4 Å². The molecule has 1 amide bonds. The van der Waals surface area contributed by atoms with Crippen LogP contribution in [0.2, 0.25) is 0 Å². The second-order valence-electron chi connectivity index (χ2n) is 5.88. The Labute approximate surface area is 160 Å². The van der Waals surface area contributed by atoms with Crippen LogP contribution in [0.3, 0.4) is 0 Å². The maximum atomic E-state index is 12.8. The zero-order chi connectivity index (χ0) is 17.9. The fourth-order valence-electron chi connectivity index (χ4n) is 2.91. The predicted molar refractivity (Wildman–Crippen MR) is 107 cm³/mol. The molecule has 2 heterocycles. The molecule has 0 aliphatic carbocycles. The normalized spacial score (nSPS) is 13.5. The minimum atomic E-state index is 0.104. The van der Waals surface area contributed by atoms with Crippen LogP contribution < -0.4 is 4.90 Å². The highest BCUT2D eigenvalue weighted by Crippen LogP contribution is 2.34. The number of aromatic nitrogens is 3. The summed E-state index contributed by atoms with van der Waals surface area (Å²) in [4.78, 5) is 15.8. The average Bonchev–Trinajstić information content (AvgIpc) is 3.07. The van der Waals surface area contributed by atoms with Crippen molar-refractivity contribution >= 4 is 35.1 Å². The van der Waals surface area contributed by atoms with Gasteiger partial charge in [-0.2, -0.15) is 0 Å². The summed E-state index contributed by atoms with van der Waals surface area (Å²) in [7, 11) is 1.93. The van der Waals surface area contributed by atoms with E-state index >= 15 is 0 Å². The van der Waals surface area contributed by atoms with E-state index in [-0.39, 0.29) is 5.91 Å². The van der Waals surface area contributed by atoms with Crippen LogP contribution in [0.15, 0.2) is 64.6 Å². The molecule has 26 heavy (non-hydrogen) atoms. The lowest BCUT2D eigenvalue weighted by Gasteiger charge is -2.28. The van der Waals surface area contributed by atoms with Crippen LogP contribution in [-0.2, 0) is 11.8 Å². The van der Waals surface area contributed by atoms with E-state index in [9.17, 15) is 4.79 Å². The van der Waals surface area contributed by atoms with Crippen LogP contribution in [0.4, 0.5) is 5.69 Å². The molecule has 1 aliphatic rings. The van der Waals surface area contributed by atoms with Crippen LogP contribution >= 0.6 is 23.5 Å². The molecule has 0 atom stereocenters. The van der Waals surface area contributed by atoms with Crippen molar-refractivity contribution in [3.8, 4) is 11.4 Å². The lowest BCUT2D eigenvalue weighted by atomic mass is 10.2. The highest BCUT2D eigenvalue weighted by Gasteiger charge is 2.23. The lowest BCUT2D eigenvalue weighted by molar-refractivity contribution is -0.116. The summed E-state index contributed by atoms with van der Waals surface area (Å²) in [5.41, 5.74) is 2.03.